The van der Waals surface area contributed by atoms with Gasteiger partial charge in [0.1, 0.15) is 0 Å². The van der Waals surface area contributed by atoms with Crippen molar-refractivity contribution in [2.45, 2.75) is 39.0 Å². The van der Waals surface area contributed by atoms with Crippen LogP contribution in [0.25, 0.3) is 0 Å². The molecule has 0 rings (SSSR count). The van der Waals surface area contributed by atoms with Crippen molar-refractivity contribution in [1.29, 1.82) is 0 Å². The van der Waals surface area contributed by atoms with E-state index in [0.717, 1.165) is 0 Å². The van der Waals surface area contributed by atoms with Gasteiger partial charge in [-0.25, -0.2) is 0 Å². The van der Waals surface area contributed by atoms with Gasteiger partial charge in [-0.1, -0.05) is 0 Å². The molecule has 12 heavy (non-hydrogen) atoms. The summed E-state index contributed by atoms with van der Waals surface area (Å²) in [5.74, 6) is -1.70. The van der Waals surface area contributed by atoms with E-state index in [9.17, 15) is 0 Å². The van der Waals surface area contributed by atoms with Crippen LogP contribution in [0.3, 0.4) is 0 Å². The Balaban J connectivity index is 3.32. The summed E-state index contributed by atoms with van der Waals surface area (Å²) in [7, 11) is 0. The van der Waals surface area contributed by atoms with Crippen LogP contribution in [0.1, 0.15) is 39.0 Å². The van der Waals surface area contributed by atoms with Gasteiger partial charge in [0.2, 0.25) is 0 Å². The maximum absolute atomic E-state index is 6.43. The molecule has 0 aromatic carbocycles. The van der Waals surface area contributed by atoms with Crippen LogP contribution in [0, 0.1) is 0 Å². The first-order chi connectivity index (χ1) is 5.31. The Hall–Kier alpha value is 0.720. The van der Waals surface area contributed by atoms with Crippen molar-refractivity contribution < 1.29 is 0 Å². The van der Waals surface area contributed by atoms with E-state index in [1.807, 2.05) is 0 Å². The fraction of sp³-hybridized carbons (Fsp3) is 1.00. The normalized spacial score (nSPS) is 15.6. The summed E-state index contributed by atoms with van der Waals surface area (Å²) in [5.41, 5.74) is 0. The zero-order chi connectivity index (χ0) is 9.69. The van der Waals surface area contributed by atoms with Crippen molar-refractivity contribution in [3.05, 3.63) is 0 Å². The second-order valence-electron chi connectivity index (χ2n) is 5.05. The molecule has 0 fully saturated rings. The van der Waals surface area contributed by atoms with E-state index < -0.39 is 5.96 Å². The Kier molecular flexibility index (Phi) is 5.11. The topological polar surface area (TPSA) is 0 Å². The molecule has 0 N–H and O–H groups in total. The molecule has 0 radical (unpaired) electrons. The van der Waals surface area contributed by atoms with Gasteiger partial charge in [0.15, 0.2) is 0 Å². The summed E-state index contributed by atoms with van der Waals surface area (Å²) in [4.78, 5) is 0. The first kappa shape index (κ1) is 12.7. The SMILES string of the molecule is CCCCCCCP(C)(C)(C)Cl. The standard InChI is InChI=1S/C10H24ClP/c1-5-6-7-8-9-10-12(2,3,4)11/h5-10H2,1-4H3. The molecule has 76 valence electrons. The van der Waals surface area contributed by atoms with E-state index >= 15 is 0 Å². The molecule has 0 atom stereocenters. The Bertz CT molecular complexity index is 114. The van der Waals surface area contributed by atoms with Crippen molar-refractivity contribution in [2.75, 3.05) is 26.2 Å². The van der Waals surface area contributed by atoms with Crippen molar-refractivity contribution in [1.82, 2.24) is 0 Å². The fourth-order valence-electron chi connectivity index (χ4n) is 1.25. The Morgan fingerprint density at radius 1 is 0.917 bits per heavy atom. The molecule has 0 nitrogen and oxygen atoms in total. The summed E-state index contributed by atoms with van der Waals surface area (Å²) in [6, 6.07) is 0. The van der Waals surface area contributed by atoms with Crippen LogP contribution in [-0.4, -0.2) is 26.2 Å². The summed E-state index contributed by atoms with van der Waals surface area (Å²) < 4.78 is 0. The van der Waals surface area contributed by atoms with Gasteiger partial charge < -0.3 is 0 Å². The third-order valence-corrected chi connectivity index (χ3v) is 4.35. The first-order valence-electron chi connectivity index (χ1n) is 5.03. The number of rotatable bonds is 6. The quantitative estimate of drug-likeness (QED) is 0.446. The second-order valence-corrected chi connectivity index (χ2v) is 15.1. The number of hydrogen-bond acceptors (Lipinski definition) is 0. The molecule has 0 unspecified atom stereocenters. The zero-order valence-corrected chi connectivity index (χ0v) is 10.7. The average Bonchev–Trinajstić information content (AvgIpc) is 1.83. The number of unbranched alkanes of at least 4 members (excludes halogenated alkanes) is 4. The Morgan fingerprint density at radius 2 is 1.42 bits per heavy atom. The van der Waals surface area contributed by atoms with Crippen molar-refractivity contribution in [2.24, 2.45) is 0 Å². The van der Waals surface area contributed by atoms with E-state index in [1.165, 1.54) is 38.3 Å². The van der Waals surface area contributed by atoms with Gasteiger partial charge >= 0.3 is 82.4 Å². The first-order valence-corrected chi connectivity index (χ1v) is 9.70. The molecule has 0 aliphatic carbocycles. The predicted octanol–water partition coefficient (Wildman–Crippen LogP) is 4.55. The summed E-state index contributed by atoms with van der Waals surface area (Å²) in [6.07, 6.45) is 8.04. The van der Waals surface area contributed by atoms with Crippen LogP contribution in [-0.2, 0) is 0 Å². The average molecular weight is 211 g/mol. The van der Waals surface area contributed by atoms with Gasteiger partial charge in [-0.15, -0.1) is 0 Å². The molecule has 2 heteroatoms. The molecule has 0 saturated heterocycles. The molecule has 0 aliphatic heterocycles. The van der Waals surface area contributed by atoms with Crippen LogP contribution in [0.2, 0.25) is 0 Å². The number of hydrogen-bond donors (Lipinski definition) is 0. The summed E-state index contributed by atoms with van der Waals surface area (Å²) in [5, 5.41) is 0. The summed E-state index contributed by atoms with van der Waals surface area (Å²) >= 11 is 6.43. The van der Waals surface area contributed by atoms with Crippen LogP contribution < -0.4 is 0 Å². The molecule has 0 heterocycles. The van der Waals surface area contributed by atoms with Crippen LogP contribution in [0.15, 0.2) is 0 Å². The van der Waals surface area contributed by atoms with Crippen molar-refractivity contribution in [3.8, 4) is 0 Å². The monoisotopic (exact) mass is 210 g/mol. The van der Waals surface area contributed by atoms with E-state index in [2.05, 4.69) is 26.9 Å². The molecule has 0 aliphatic rings. The fourth-order valence-corrected chi connectivity index (χ4v) is 2.90. The van der Waals surface area contributed by atoms with E-state index in [1.54, 1.807) is 0 Å². The Labute approximate surface area is 82.8 Å². The van der Waals surface area contributed by atoms with Gasteiger partial charge in [0.25, 0.3) is 0 Å². The predicted molar refractivity (Wildman–Crippen MR) is 64.2 cm³/mol. The molecular formula is C10H24ClP. The van der Waals surface area contributed by atoms with E-state index in [4.69, 9.17) is 11.2 Å². The second kappa shape index (κ2) is 4.82. The third kappa shape index (κ3) is 10.7. The van der Waals surface area contributed by atoms with Gasteiger partial charge in [-0.2, -0.15) is 0 Å². The van der Waals surface area contributed by atoms with Crippen molar-refractivity contribution in [3.63, 3.8) is 0 Å². The molecule has 0 aromatic heterocycles. The van der Waals surface area contributed by atoms with Crippen LogP contribution >= 0.6 is 17.2 Å². The van der Waals surface area contributed by atoms with E-state index in [-0.39, 0.29) is 0 Å². The third-order valence-electron chi connectivity index (χ3n) is 2.02. The molecule has 0 aromatic rings. The maximum atomic E-state index is 6.43. The summed E-state index contributed by atoms with van der Waals surface area (Å²) in [6.45, 7) is 8.98. The number of halogens is 1. The van der Waals surface area contributed by atoms with Gasteiger partial charge in [0, 0.05) is 0 Å². The molecule has 0 saturated carbocycles. The minimum absolute atomic E-state index is 1.25. The zero-order valence-electron chi connectivity index (χ0n) is 9.07. The van der Waals surface area contributed by atoms with Crippen LogP contribution in [0.4, 0.5) is 0 Å². The minimum atomic E-state index is -1.70. The Morgan fingerprint density at radius 3 is 1.83 bits per heavy atom. The molecule has 0 spiro atoms. The molecule has 0 bridgehead atoms. The molecular weight excluding hydrogens is 187 g/mol. The van der Waals surface area contributed by atoms with Gasteiger partial charge in [-0.3, -0.25) is 0 Å². The van der Waals surface area contributed by atoms with E-state index in [0.29, 0.717) is 0 Å². The molecule has 0 amide bonds. The van der Waals surface area contributed by atoms with Crippen molar-refractivity contribution >= 4 is 17.2 Å². The van der Waals surface area contributed by atoms with Gasteiger partial charge in [-0.05, 0) is 0 Å². The van der Waals surface area contributed by atoms with Gasteiger partial charge in [0.05, 0.1) is 0 Å². The van der Waals surface area contributed by atoms with Crippen LogP contribution in [0.5, 0.6) is 0 Å².